The Morgan fingerprint density at radius 2 is 1.33 bits per heavy atom. The summed E-state index contributed by atoms with van der Waals surface area (Å²) in [5.41, 5.74) is 1.88. The molecule has 1 aliphatic rings. The van der Waals surface area contributed by atoms with Gasteiger partial charge in [0.15, 0.2) is 0 Å². The number of rotatable bonds is 5. The highest BCUT2D eigenvalue weighted by atomic mass is 19.1. The molecule has 144 valence electrons. The molecule has 0 N–H and O–H groups in total. The third-order valence-corrected chi connectivity index (χ3v) is 5.06. The minimum Gasteiger partial charge on any atom is -0.372 e. The van der Waals surface area contributed by atoms with E-state index in [1.54, 1.807) is 36.1 Å². The molecule has 2 aromatic rings. The maximum Gasteiger partial charge on any atom is 0.251 e. The van der Waals surface area contributed by atoms with Crippen LogP contribution in [-0.2, 0) is 9.53 Å². The first-order chi connectivity index (χ1) is 13.0. The van der Waals surface area contributed by atoms with Gasteiger partial charge in [-0.15, -0.1) is 0 Å². The van der Waals surface area contributed by atoms with Crippen molar-refractivity contribution >= 4 is 5.91 Å². The quantitative estimate of drug-likeness (QED) is 0.806. The zero-order chi connectivity index (χ0) is 19.4. The molecule has 1 atom stereocenters. The van der Waals surface area contributed by atoms with Gasteiger partial charge in [0.25, 0.3) is 5.91 Å². The molecule has 0 spiro atoms. The van der Waals surface area contributed by atoms with Gasteiger partial charge in [0.2, 0.25) is 0 Å². The van der Waals surface area contributed by atoms with E-state index < -0.39 is 6.10 Å². The van der Waals surface area contributed by atoms with Gasteiger partial charge in [-0.1, -0.05) is 24.3 Å². The van der Waals surface area contributed by atoms with E-state index in [1.165, 1.54) is 31.4 Å². The second kappa shape index (κ2) is 8.59. The monoisotopic (exact) mass is 374 g/mol. The minimum atomic E-state index is -0.457. The summed E-state index contributed by atoms with van der Waals surface area (Å²) in [5.74, 6) is -0.599. The smallest absolute Gasteiger partial charge is 0.251 e. The summed E-state index contributed by atoms with van der Waals surface area (Å²) in [6.07, 6.45) is -0.457. The van der Waals surface area contributed by atoms with E-state index >= 15 is 0 Å². The Morgan fingerprint density at radius 1 is 0.889 bits per heavy atom. The summed E-state index contributed by atoms with van der Waals surface area (Å²) < 4.78 is 31.9. The number of carbonyl (C=O) groups is 1. The van der Waals surface area contributed by atoms with Crippen LogP contribution in [0.3, 0.4) is 0 Å². The largest absolute Gasteiger partial charge is 0.372 e. The average molecular weight is 374 g/mol. The molecule has 27 heavy (non-hydrogen) atoms. The number of methoxy groups -OCH3 is 1. The fourth-order valence-electron chi connectivity index (χ4n) is 3.46. The van der Waals surface area contributed by atoms with E-state index in [0.29, 0.717) is 26.2 Å². The first-order valence-electron chi connectivity index (χ1n) is 9.06. The summed E-state index contributed by atoms with van der Waals surface area (Å²) in [6, 6.07) is 12.7. The molecule has 1 amide bonds. The van der Waals surface area contributed by atoms with Gasteiger partial charge >= 0.3 is 0 Å². The Bertz CT molecular complexity index is 711. The fourth-order valence-corrected chi connectivity index (χ4v) is 3.46. The number of carbonyl (C=O) groups excluding carboxylic acids is 1. The number of nitrogens with zero attached hydrogens (tertiary/aromatic N) is 2. The van der Waals surface area contributed by atoms with Crippen molar-refractivity contribution in [3.05, 3.63) is 71.3 Å². The highest BCUT2D eigenvalue weighted by Gasteiger charge is 2.29. The topological polar surface area (TPSA) is 32.8 Å². The third-order valence-electron chi connectivity index (χ3n) is 5.06. The number of hydrogen-bond donors (Lipinski definition) is 0. The standard InChI is InChI=1S/C21H24F2N2O2/c1-15(27-2)21(26)25-13-11-24(12-14-25)20(16-3-7-18(22)8-4-16)17-5-9-19(23)10-6-17/h3-10,15,20H,11-14H2,1-2H3/t15-/m0/s1. The lowest BCUT2D eigenvalue weighted by atomic mass is 9.96. The van der Waals surface area contributed by atoms with E-state index in [9.17, 15) is 13.6 Å². The van der Waals surface area contributed by atoms with E-state index in [2.05, 4.69) is 4.90 Å². The summed E-state index contributed by atoms with van der Waals surface area (Å²) in [7, 11) is 1.53. The van der Waals surface area contributed by atoms with Crippen LogP contribution in [0.4, 0.5) is 8.78 Å². The van der Waals surface area contributed by atoms with Crippen molar-refractivity contribution in [2.24, 2.45) is 0 Å². The van der Waals surface area contributed by atoms with Crippen LogP contribution in [0.1, 0.15) is 24.1 Å². The summed E-state index contributed by atoms with van der Waals surface area (Å²) in [6.45, 7) is 4.26. The van der Waals surface area contributed by atoms with Crippen LogP contribution in [0, 0.1) is 11.6 Å². The molecule has 0 radical (unpaired) electrons. The summed E-state index contributed by atoms with van der Waals surface area (Å²) in [4.78, 5) is 16.4. The molecule has 0 aliphatic carbocycles. The lowest BCUT2D eigenvalue weighted by molar-refractivity contribution is -0.142. The molecule has 1 aliphatic heterocycles. The van der Waals surface area contributed by atoms with Crippen molar-refractivity contribution in [1.82, 2.24) is 9.80 Å². The highest BCUT2D eigenvalue weighted by molar-refractivity contribution is 5.80. The second-order valence-electron chi connectivity index (χ2n) is 6.74. The van der Waals surface area contributed by atoms with E-state index in [-0.39, 0.29) is 23.6 Å². The number of hydrogen-bond acceptors (Lipinski definition) is 3. The van der Waals surface area contributed by atoms with Crippen molar-refractivity contribution in [2.45, 2.75) is 19.1 Å². The van der Waals surface area contributed by atoms with E-state index in [1.807, 2.05) is 0 Å². The Balaban J connectivity index is 1.81. The number of ether oxygens (including phenoxy) is 1. The fraction of sp³-hybridized carbons (Fsp3) is 0.381. The summed E-state index contributed by atoms with van der Waals surface area (Å²) in [5, 5.41) is 0. The normalized spacial score (nSPS) is 16.6. The molecule has 2 aromatic carbocycles. The molecular weight excluding hydrogens is 350 g/mol. The first kappa shape index (κ1) is 19.5. The predicted octanol–water partition coefficient (Wildman–Crippen LogP) is 3.23. The van der Waals surface area contributed by atoms with Gasteiger partial charge in [0.1, 0.15) is 17.7 Å². The number of halogens is 2. The van der Waals surface area contributed by atoms with Crippen LogP contribution in [-0.4, -0.2) is 55.1 Å². The van der Waals surface area contributed by atoms with Crippen molar-refractivity contribution in [2.75, 3.05) is 33.3 Å². The Kier molecular flexibility index (Phi) is 6.19. The Hall–Kier alpha value is -2.31. The summed E-state index contributed by atoms with van der Waals surface area (Å²) >= 11 is 0. The zero-order valence-corrected chi connectivity index (χ0v) is 15.6. The maximum atomic E-state index is 13.4. The van der Waals surface area contributed by atoms with Gasteiger partial charge in [0.05, 0.1) is 6.04 Å². The SMILES string of the molecule is CO[C@@H](C)C(=O)N1CCN(C(c2ccc(F)cc2)c2ccc(F)cc2)CC1. The van der Waals surface area contributed by atoms with Gasteiger partial charge in [-0.25, -0.2) is 8.78 Å². The third kappa shape index (κ3) is 4.51. The Morgan fingerprint density at radius 3 is 1.74 bits per heavy atom. The van der Waals surface area contributed by atoms with Crippen LogP contribution in [0.15, 0.2) is 48.5 Å². The van der Waals surface area contributed by atoms with Crippen LogP contribution in [0.2, 0.25) is 0 Å². The zero-order valence-electron chi connectivity index (χ0n) is 15.6. The van der Waals surface area contributed by atoms with Gasteiger partial charge in [0, 0.05) is 33.3 Å². The van der Waals surface area contributed by atoms with Crippen molar-refractivity contribution in [3.63, 3.8) is 0 Å². The van der Waals surface area contributed by atoms with Crippen LogP contribution in [0.5, 0.6) is 0 Å². The predicted molar refractivity (Wildman–Crippen MR) is 99.3 cm³/mol. The molecule has 4 nitrogen and oxygen atoms in total. The lowest BCUT2D eigenvalue weighted by Crippen LogP contribution is -2.52. The molecule has 1 saturated heterocycles. The molecule has 6 heteroatoms. The molecule has 0 bridgehead atoms. The Labute approximate surface area is 158 Å². The van der Waals surface area contributed by atoms with Crippen LogP contribution >= 0.6 is 0 Å². The maximum absolute atomic E-state index is 13.4. The molecule has 1 heterocycles. The second-order valence-corrected chi connectivity index (χ2v) is 6.74. The molecule has 0 unspecified atom stereocenters. The van der Waals surface area contributed by atoms with E-state index in [0.717, 1.165) is 11.1 Å². The van der Waals surface area contributed by atoms with Gasteiger partial charge in [-0.05, 0) is 42.3 Å². The minimum absolute atomic E-state index is 0.0164. The number of amides is 1. The van der Waals surface area contributed by atoms with Crippen molar-refractivity contribution in [1.29, 1.82) is 0 Å². The van der Waals surface area contributed by atoms with Gasteiger partial charge in [-0.2, -0.15) is 0 Å². The first-order valence-corrected chi connectivity index (χ1v) is 9.06. The van der Waals surface area contributed by atoms with Crippen LogP contribution < -0.4 is 0 Å². The molecular formula is C21H24F2N2O2. The van der Waals surface area contributed by atoms with Crippen LogP contribution in [0.25, 0.3) is 0 Å². The molecule has 0 aromatic heterocycles. The molecule has 0 saturated carbocycles. The lowest BCUT2D eigenvalue weighted by Gasteiger charge is -2.40. The van der Waals surface area contributed by atoms with E-state index in [4.69, 9.17) is 4.74 Å². The van der Waals surface area contributed by atoms with Crippen molar-refractivity contribution in [3.8, 4) is 0 Å². The molecule has 1 fully saturated rings. The molecule has 3 rings (SSSR count). The number of benzene rings is 2. The highest BCUT2D eigenvalue weighted by Crippen LogP contribution is 2.30. The van der Waals surface area contributed by atoms with Gasteiger partial charge in [-0.3, -0.25) is 9.69 Å². The average Bonchev–Trinajstić information content (AvgIpc) is 2.70. The van der Waals surface area contributed by atoms with Crippen molar-refractivity contribution < 1.29 is 18.3 Å². The van der Waals surface area contributed by atoms with Gasteiger partial charge < -0.3 is 9.64 Å². The number of piperazine rings is 1.